The van der Waals surface area contributed by atoms with E-state index >= 15 is 0 Å². The first kappa shape index (κ1) is 14.9. The number of rotatable bonds is 3. The normalized spacial score (nSPS) is 22.5. The second-order valence-corrected chi connectivity index (χ2v) is 5.44. The minimum absolute atomic E-state index is 0.0926. The van der Waals surface area contributed by atoms with Crippen LogP contribution in [0.15, 0.2) is 11.0 Å². The van der Waals surface area contributed by atoms with E-state index in [4.69, 9.17) is 17.0 Å². The maximum Gasteiger partial charge on any atom is 0.266 e. The van der Waals surface area contributed by atoms with Gasteiger partial charge in [-0.25, -0.2) is 0 Å². The fraction of sp³-hybridized carbons (Fsp3) is 0.615. The first-order valence-electron chi connectivity index (χ1n) is 6.65. The third kappa shape index (κ3) is 3.16. The highest BCUT2D eigenvalue weighted by Gasteiger charge is 2.23. The third-order valence-electron chi connectivity index (χ3n) is 3.77. The molecule has 0 aromatic carbocycles. The summed E-state index contributed by atoms with van der Waals surface area (Å²) in [6.45, 7) is 0. The number of hydrogen-bond acceptors (Lipinski definition) is 4. The SMILES string of the molecule is COC1CCC(NC(=O)c2c[nH]c(=S)n(C)c2=O)CC1. The van der Waals surface area contributed by atoms with Crippen LogP contribution < -0.4 is 10.9 Å². The highest BCUT2D eigenvalue weighted by atomic mass is 32.1. The standard InChI is InChI=1S/C13H19N3O3S/c1-16-12(18)10(7-14-13(16)20)11(17)15-8-3-5-9(19-2)6-4-8/h7-9H,3-6H2,1-2H3,(H,14,20)(H,15,17). The molecule has 6 nitrogen and oxygen atoms in total. The number of nitrogens with zero attached hydrogens (tertiary/aromatic N) is 1. The van der Waals surface area contributed by atoms with E-state index in [1.807, 2.05) is 0 Å². The fourth-order valence-electron chi connectivity index (χ4n) is 2.43. The number of aromatic amines is 1. The number of aromatic nitrogens is 2. The van der Waals surface area contributed by atoms with Crippen molar-refractivity contribution in [3.63, 3.8) is 0 Å². The van der Waals surface area contributed by atoms with Crippen LogP contribution in [0.4, 0.5) is 0 Å². The maximum absolute atomic E-state index is 12.1. The predicted molar refractivity (Wildman–Crippen MR) is 77.4 cm³/mol. The maximum atomic E-state index is 12.1. The topological polar surface area (TPSA) is 76.1 Å². The summed E-state index contributed by atoms with van der Waals surface area (Å²) in [5.74, 6) is -0.349. The van der Waals surface area contributed by atoms with Crippen molar-refractivity contribution >= 4 is 18.1 Å². The Kier molecular flexibility index (Phi) is 4.72. The number of hydrogen-bond donors (Lipinski definition) is 2. The molecule has 20 heavy (non-hydrogen) atoms. The first-order chi connectivity index (χ1) is 9.52. The highest BCUT2D eigenvalue weighted by Crippen LogP contribution is 2.20. The lowest BCUT2D eigenvalue weighted by Gasteiger charge is -2.28. The Morgan fingerprint density at radius 1 is 1.45 bits per heavy atom. The minimum atomic E-state index is -0.378. The summed E-state index contributed by atoms with van der Waals surface area (Å²) < 4.78 is 6.85. The zero-order chi connectivity index (χ0) is 14.7. The number of carbonyl (C=O) groups excluding carboxylic acids is 1. The summed E-state index contributed by atoms with van der Waals surface area (Å²) in [4.78, 5) is 26.8. The lowest BCUT2D eigenvalue weighted by Crippen LogP contribution is -2.41. The van der Waals surface area contributed by atoms with Crippen molar-refractivity contribution in [3.05, 3.63) is 26.9 Å². The molecule has 1 aromatic rings. The Morgan fingerprint density at radius 3 is 2.70 bits per heavy atom. The Morgan fingerprint density at radius 2 is 2.10 bits per heavy atom. The van der Waals surface area contributed by atoms with E-state index in [1.165, 1.54) is 10.8 Å². The van der Waals surface area contributed by atoms with Gasteiger partial charge in [-0.1, -0.05) is 0 Å². The molecule has 110 valence electrons. The van der Waals surface area contributed by atoms with Crippen molar-refractivity contribution in [1.82, 2.24) is 14.9 Å². The lowest BCUT2D eigenvalue weighted by molar-refractivity contribution is 0.0599. The minimum Gasteiger partial charge on any atom is -0.381 e. The van der Waals surface area contributed by atoms with Crippen LogP contribution in [0, 0.1) is 4.77 Å². The molecule has 1 aliphatic carbocycles. The molecular weight excluding hydrogens is 278 g/mol. The molecule has 1 aliphatic rings. The zero-order valence-corrected chi connectivity index (χ0v) is 12.5. The molecule has 7 heteroatoms. The second kappa shape index (κ2) is 6.32. The van der Waals surface area contributed by atoms with Crippen LogP contribution in [-0.2, 0) is 11.8 Å². The highest BCUT2D eigenvalue weighted by molar-refractivity contribution is 7.71. The van der Waals surface area contributed by atoms with Gasteiger partial charge in [-0.05, 0) is 37.9 Å². The molecule has 1 amide bonds. The van der Waals surface area contributed by atoms with Crippen LogP contribution in [0.25, 0.3) is 0 Å². The molecule has 0 bridgehead atoms. The van der Waals surface area contributed by atoms with Gasteiger partial charge in [0.1, 0.15) is 5.56 Å². The number of H-pyrrole nitrogens is 1. The van der Waals surface area contributed by atoms with Gasteiger partial charge < -0.3 is 15.0 Å². The van der Waals surface area contributed by atoms with Gasteiger partial charge in [0.25, 0.3) is 11.5 Å². The molecule has 1 saturated carbocycles. The Balaban J connectivity index is 2.05. The van der Waals surface area contributed by atoms with E-state index in [9.17, 15) is 9.59 Å². The van der Waals surface area contributed by atoms with Crippen molar-refractivity contribution in [2.45, 2.75) is 37.8 Å². The average Bonchev–Trinajstić information content (AvgIpc) is 2.45. The van der Waals surface area contributed by atoms with Gasteiger partial charge in [-0.15, -0.1) is 0 Å². The van der Waals surface area contributed by atoms with E-state index in [2.05, 4.69) is 10.3 Å². The van der Waals surface area contributed by atoms with Gasteiger partial charge in [0, 0.05) is 26.4 Å². The van der Waals surface area contributed by atoms with Crippen LogP contribution in [0.3, 0.4) is 0 Å². The molecule has 2 N–H and O–H groups in total. The molecule has 1 aromatic heterocycles. The second-order valence-electron chi connectivity index (χ2n) is 5.05. The largest absolute Gasteiger partial charge is 0.381 e. The molecule has 2 rings (SSSR count). The van der Waals surface area contributed by atoms with E-state index in [-0.39, 0.29) is 29.2 Å². The number of methoxy groups -OCH3 is 1. The van der Waals surface area contributed by atoms with Crippen molar-refractivity contribution in [3.8, 4) is 0 Å². The number of amides is 1. The van der Waals surface area contributed by atoms with Crippen LogP contribution in [0.2, 0.25) is 0 Å². The Bertz CT molecular complexity index is 600. The summed E-state index contributed by atoms with van der Waals surface area (Å²) >= 11 is 4.94. The van der Waals surface area contributed by atoms with Crippen molar-refractivity contribution < 1.29 is 9.53 Å². The lowest BCUT2D eigenvalue weighted by atomic mass is 9.93. The quantitative estimate of drug-likeness (QED) is 0.820. The molecule has 0 radical (unpaired) electrons. The molecule has 0 atom stereocenters. The van der Waals surface area contributed by atoms with Crippen molar-refractivity contribution in [2.75, 3.05) is 7.11 Å². The molecule has 0 aliphatic heterocycles. The molecule has 0 unspecified atom stereocenters. The molecule has 1 heterocycles. The third-order valence-corrected chi connectivity index (χ3v) is 4.16. The van der Waals surface area contributed by atoms with Crippen molar-refractivity contribution in [1.29, 1.82) is 0 Å². The number of ether oxygens (including phenoxy) is 1. The molecule has 0 saturated heterocycles. The first-order valence-corrected chi connectivity index (χ1v) is 7.06. The van der Waals surface area contributed by atoms with Gasteiger partial charge >= 0.3 is 0 Å². The Labute approximate surface area is 122 Å². The molecule has 0 spiro atoms. The summed E-state index contributed by atoms with van der Waals surface area (Å²) in [6.07, 6.45) is 5.25. The van der Waals surface area contributed by atoms with Gasteiger partial charge in [0.05, 0.1) is 6.10 Å². The smallest absolute Gasteiger partial charge is 0.266 e. The van der Waals surface area contributed by atoms with Gasteiger partial charge in [0.2, 0.25) is 0 Å². The summed E-state index contributed by atoms with van der Waals surface area (Å²) in [6, 6.07) is 0.0989. The monoisotopic (exact) mass is 297 g/mol. The molecular formula is C13H19N3O3S. The summed E-state index contributed by atoms with van der Waals surface area (Å²) in [5, 5.41) is 2.91. The van der Waals surface area contributed by atoms with Crippen LogP contribution in [0.5, 0.6) is 0 Å². The van der Waals surface area contributed by atoms with Crippen LogP contribution in [0.1, 0.15) is 36.0 Å². The van der Waals surface area contributed by atoms with E-state index < -0.39 is 0 Å². The predicted octanol–water partition coefficient (Wildman–Crippen LogP) is 1.13. The van der Waals surface area contributed by atoms with Crippen molar-refractivity contribution in [2.24, 2.45) is 7.05 Å². The van der Waals surface area contributed by atoms with Gasteiger partial charge in [0.15, 0.2) is 4.77 Å². The van der Waals surface area contributed by atoms with E-state index in [1.54, 1.807) is 14.2 Å². The summed E-state index contributed by atoms with van der Waals surface area (Å²) in [7, 11) is 3.25. The number of carbonyl (C=O) groups is 1. The fourth-order valence-corrected chi connectivity index (χ4v) is 2.58. The molecule has 1 fully saturated rings. The number of nitrogens with one attached hydrogen (secondary N) is 2. The van der Waals surface area contributed by atoms with E-state index in [0.29, 0.717) is 4.77 Å². The summed E-state index contributed by atoms with van der Waals surface area (Å²) in [5.41, 5.74) is -0.285. The van der Waals surface area contributed by atoms with Gasteiger partial charge in [-0.3, -0.25) is 14.2 Å². The Hall–Kier alpha value is -1.47. The van der Waals surface area contributed by atoms with E-state index in [0.717, 1.165) is 25.7 Å². The van der Waals surface area contributed by atoms with Crippen LogP contribution in [-0.4, -0.2) is 34.7 Å². The van der Waals surface area contributed by atoms with Crippen LogP contribution >= 0.6 is 12.2 Å². The zero-order valence-electron chi connectivity index (χ0n) is 11.6. The van der Waals surface area contributed by atoms with Gasteiger partial charge in [-0.2, -0.15) is 0 Å². The average molecular weight is 297 g/mol.